The van der Waals surface area contributed by atoms with Crippen molar-refractivity contribution in [2.75, 3.05) is 19.0 Å². The molecule has 0 aliphatic carbocycles. The third kappa shape index (κ3) is 7.31. The monoisotopic (exact) mass is 403 g/mol. The Morgan fingerprint density at radius 3 is 2.75 bits per heavy atom. The molecule has 28 heavy (non-hydrogen) atoms. The molecule has 1 heterocycles. The summed E-state index contributed by atoms with van der Waals surface area (Å²) in [6.07, 6.45) is 9.71. The Bertz CT molecular complexity index is 774. The minimum absolute atomic E-state index is 0.241. The lowest BCUT2D eigenvalue weighted by molar-refractivity contribution is -0.111. The number of carbonyl (C=O) groups excluding carboxylic acids is 1. The zero-order valence-electron chi connectivity index (χ0n) is 16.9. The molecule has 1 N–H and O–H groups in total. The lowest BCUT2D eigenvalue weighted by atomic mass is 10.2. The fourth-order valence-electron chi connectivity index (χ4n) is 2.56. The molecule has 7 heteroatoms. The molecule has 0 saturated heterocycles. The van der Waals surface area contributed by atoms with E-state index in [9.17, 15) is 4.79 Å². The van der Waals surface area contributed by atoms with Gasteiger partial charge in [0.15, 0.2) is 11.5 Å². The predicted octanol–water partition coefficient (Wildman–Crippen LogP) is 5.11. The van der Waals surface area contributed by atoms with Gasteiger partial charge >= 0.3 is 0 Å². The quantitative estimate of drug-likeness (QED) is 0.394. The second kappa shape index (κ2) is 12.1. The highest BCUT2D eigenvalue weighted by atomic mass is 32.1. The Labute approximate surface area is 171 Å². The number of nitrogens with one attached hydrogen (secondary N) is 1. The third-order valence-corrected chi connectivity index (χ3v) is 4.93. The molecule has 1 aromatic carbocycles. The van der Waals surface area contributed by atoms with Crippen LogP contribution in [-0.4, -0.2) is 29.8 Å². The van der Waals surface area contributed by atoms with Crippen molar-refractivity contribution in [3.05, 3.63) is 34.8 Å². The van der Waals surface area contributed by atoms with Crippen molar-refractivity contribution in [1.29, 1.82) is 0 Å². The Kier molecular flexibility index (Phi) is 9.48. The number of rotatable bonds is 12. The summed E-state index contributed by atoms with van der Waals surface area (Å²) in [4.78, 5) is 12.1. The first-order valence-corrected chi connectivity index (χ1v) is 10.6. The van der Waals surface area contributed by atoms with E-state index in [-0.39, 0.29) is 5.91 Å². The van der Waals surface area contributed by atoms with Crippen LogP contribution in [0, 0.1) is 0 Å². The summed E-state index contributed by atoms with van der Waals surface area (Å²) in [6.45, 7) is 4.95. The maximum atomic E-state index is 12.1. The molecule has 0 spiro atoms. The van der Waals surface area contributed by atoms with Gasteiger partial charge in [-0.15, -0.1) is 10.2 Å². The number of hydrogen-bond donors (Lipinski definition) is 1. The molecule has 0 saturated carbocycles. The predicted molar refractivity (Wildman–Crippen MR) is 114 cm³/mol. The van der Waals surface area contributed by atoms with E-state index in [1.807, 2.05) is 18.2 Å². The van der Waals surface area contributed by atoms with Crippen LogP contribution in [0.25, 0.3) is 6.08 Å². The van der Waals surface area contributed by atoms with Crippen LogP contribution in [0.1, 0.15) is 56.5 Å². The smallest absolute Gasteiger partial charge is 0.250 e. The molecular formula is C21H29N3O3S. The molecule has 0 bridgehead atoms. The lowest BCUT2D eigenvalue weighted by Crippen LogP contribution is -2.07. The van der Waals surface area contributed by atoms with Crippen LogP contribution in [0.15, 0.2) is 24.3 Å². The molecule has 1 aromatic heterocycles. The van der Waals surface area contributed by atoms with E-state index < -0.39 is 0 Å². The fraction of sp³-hybridized carbons (Fsp3) is 0.476. The number of anilines is 1. The minimum atomic E-state index is -0.241. The van der Waals surface area contributed by atoms with Crippen molar-refractivity contribution in [2.24, 2.45) is 0 Å². The zero-order valence-corrected chi connectivity index (χ0v) is 17.7. The minimum Gasteiger partial charge on any atom is -0.493 e. The van der Waals surface area contributed by atoms with E-state index in [0.29, 0.717) is 17.5 Å². The average Bonchev–Trinajstić information content (AvgIpc) is 3.13. The number of nitrogens with zero attached hydrogens (tertiary/aromatic N) is 2. The van der Waals surface area contributed by atoms with Crippen LogP contribution >= 0.6 is 11.3 Å². The number of carbonyl (C=O) groups is 1. The van der Waals surface area contributed by atoms with Crippen molar-refractivity contribution >= 4 is 28.5 Å². The summed E-state index contributed by atoms with van der Waals surface area (Å²) in [7, 11) is 1.61. The summed E-state index contributed by atoms with van der Waals surface area (Å²) in [6, 6.07) is 5.63. The normalized spacial score (nSPS) is 11.0. The first kappa shape index (κ1) is 21.9. The molecule has 6 nitrogen and oxygen atoms in total. The van der Waals surface area contributed by atoms with Crippen LogP contribution in [0.5, 0.6) is 11.5 Å². The second-order valence-electron chi connectivity index (χ2n) is 6.39. The topological polar surface area (TPSA) is 73.3 Å². The van der Waals surface area contributed by atoms with Gasteiger partial charge in [0.25, 0.3) is 0 Å². The fourth-order valence-corrected chi connectivity index (χ4v) is 3.40. The molecule has 1 amide bonds. The van der Waals surface area contributed by atoms with Crippen LogP contribution in [0.3, 0.4) is 0 Å². The van der Waals surface area contributed by atoms with Crippen molar-refractivity contribution in [2.45, 2.75) is 52.4 Å². The number of unbranched alkanes of at least 4 members (excludes halogenated alkanes) is 3. The maximum Gasteiger partial charge on any atom is 0.250 e. The number of methoxy groups -OCH3 is 1. The van der Waals surface area contributed by atoms with Gasteiger partial charge in [-0.2, -0.15) is 0 Å². The summed E-state index contributed by atoms with van der Waals surface area (Å²) in [5.41, 5.74) is 0.856. The molecule has 0 aliphatic heterocycles. The van der Waals surface area contributed by atoms with Crippen molar-refractivity contribution in [3.63, 3.8) is 0 Å². The number of amides is 1. The van der Waals surface area contributed by atoms with Gasteiger partial charge in [0.2, 0.25) is 11.0 Å². The van der Waals surface area contributed by atoms with Crippen LogP contribution in [0.2, 0.25) is 0 Å². The van der Waals surface area contributed by atoms with Gasteiger partial charge in [-0.05, 0) is 36.6 Å². The first-order valence-electron chi connectivity index (χ1n) is 9.78. The highest BCUT2D eigenvalue weighted by Gasteiger charge is 2.07. The molecule has 0 aliphatic rings. The lowest BCUT2D eigenvalue weighted by Gasteiger charge is -2.11. The first-order chi connectivity index (χ1) is 13.7. The van der Waals surface area contributed by atoms with E-state index in [1.54, 1.807) is 13.2 Å². The highest BCUT2D eigenvalue weighted by molar-refractivity contribution is 7.15. The molecular weight excluding hydrogens is 374 g/mol. The van der Waals surface area contributed by atoms with E-state index in [0.717, 1.165) is 35.6 Å². The van der Waals surface area contributed by atoms with Crippen LogP contribution in [-0.2, 0) is 11.2 Å². The van der Waals surface area contributed by atoms with E-state index in [4.69, 9.17) is 9.47 Å². The number of ether oxygens (including phenoxy) is 2. The Morgan fingerprint density at radius 2 is 2.00 bits per heavy atom. The van der Waals surface area contributed by atoms with Gasteiger partial charge < -0.3 is 9.47 Å². The summed E-state index contributed by atoms with van der Waals surface area (Å²) in [5.74, 6) is 1.14. The number of aryl methyl sites for hydroxylation is 1. The van der Waals surface area contributed by atoms with Gasteiger partial charge in [0.05, 0.1) is 13.7 Å². The van der Waals surface area contributed by atoms with Crippen LogP contribution in [0.4, 0.5) is 5.13 Å². The van der Waals surface area contributed by atoms with Gasteiger partial charge in [-0.25, -0.2) is 0 Å². The SMILES string of the molecule is CCCCCCOc1ccc(/C=C/C(=O)Nc2nnc(CCC)s2)cc1OC. The maximum absolute atomic E-state index is 12.1. The molecule has 0 radical (unpaired) electrons. The average molecular weight is 404 g/mol. The molecule has 0 unspecified atom stereocenters. The molecule has 0 fully saturated rings. The van der Waals surface area contributed by atoms with Gasteiger partial charge in [0.1, 0.15) is 5.01 Å². The summed E-state index contributed by atoms with van der Waals surface area (Å²) >= 11 is 1.40. The Morgan fingerprint density at radius 1 is 1.14 bits per heavy atom. The second-order valence-corrected chi connectivity index (χ2v) is 7.46. The zero-order chi connectivity index (χ0) is 20.2. The molecule has 152 valence electrons. The van der Waals surface area contributed by atoms with Gasteiger partial charge in [0, 0.05) is 12.5 Å². The van der Waals surface area contributed by atoms with Gasteiger partial charge in [-0.1, -0.05) is 50.5 Å². The Hall–Kier alpha value is -2.41. The summed E-state index contributed by atoms with van der Waals surface area (Å²) in [5, 5.41) is 12.2. The number of aromatic nitrogens is 2. The Balaban J connectivity index is 1.90. The molecule has 0 atom stereocenters. The van der Waals surface area contributed by atoms with E-state index >= 15 is 0 Å². The van der Waals surface area contributed by atoms with Crippen molar-refractivity contribution < 1.29 is 14.3 Å². The summed E-state index contributed by atoms with van der Waals surface area (Å²) < 4.78 is 11.2. The van der Waals surface area contributed by atoms with Crippen LogP contribution < -0.4 is 14.8 Å². The van der Waals surface area contributed by atoms with E-state index in [2.05, 4.69) is 29.4 Å². The molecule has 2 aromatic rings. The van der Waals surface area contributed by atoms with Gasteiger partial charge in [-0.3, -0.25) is 10.1 Å². The van der Waals surface area contributed by atoms with Crippen molar-refractivity contribution in [3.8, 4) is 11.5 Å². The van der Waals surface area contributed by atoms with E-state index in [1.165, 1.54) is 36.7 Å². The highest BCUT2D eigenvalue weighted by Crippen LogP contribution is 2.29. The third-order valence-electron chi connectivity index (χ3n) is 4.03. The number of hydrogen-bond acceptors (Lipinski definition) is 6. The molecule has 2 rings (SSSR count). The number of benzene rings is 1. The standard InChI is InChI=1S/C21H29N3O3S/c1-4-6-7-8-14-27-17-12-10-16(15-18(17)26-3)11-13-19(25)22-21-24-23-20(28-21)9-5-2/h10-13,15H,4-9,14H2,1-3H3,(H,22,24,25)/b13-11+. The largest absolute Gasteiger partial charge is 0.493 e. The van der Waals surface area contributed by atoms with Crippen molar-refractivity contribution in [1.82, 2.24) is 10.2 Å².